The van der Waals surface area contributed by atoms with Gasteiger partial charge in [0.25, 0.3) is 0 Å². The summed E-state index contributed by atoms with van der Waals surface area (Å²) in [6.45, 7) is 35.0. The van der Waals surface area contributed by atoms with Crippen LogP contribution in [0.4, 0.5) is 0 Å². The van der Waals surface area contributed by atoms with E-state index in [-0.39, 0.29) is 78.9 Å². The summed E-state index contributed by atoms with van der Waals surface area (Å²) < 4.78 is 41.8. The first kappa shape index (κ1) is 70.3. The topological polar surface area (TPSA) is 167 Å². The number of benzene rings is 1. The van der Waals surface area contributed by atoms with Gasteiger partial charge in [-0.25, -0.2) is 4.79 Å². The molecule has 0 aliphatic carbocycles. The minimum absolute atomic E-state index is 0.00381. The van der Waals surface area contributed by atoms with Gasteiger partial charge in [0.1, 0.15) is 17.8 Å². The number of rotatable bonds is 44. The molecule has 0 N–H and O–H groups in total. The van der Waals surface area contributed by atoms with Crippen LogP contribution in [0.15, 0.2) is 48.6 Å². The standard InChI is InChI=1S/C63H104O13/c1-18-39-63(21-4,58(68)35-24-47(9)38-41-73-62(19-2,20-3)51(13)56(66)33-36-59(69)71-42-49(11)76-45(6)7)75-44-53-28-26-52(27-29-53)43-74-61(16,17)57(67)34-23-46(8)37-40-72-60(14,15)50(12)55(65)32-31-54(64)30-25-48(10)70-22-5/h26-29,31-33,36,45-51H,18-25,30,34-35,37-44H2,1-17H3/b32-31+,36-33+. The van der Waals surface area contributed by atoms with Crippen LogP contribution >= 0.6 is 0 Å². The van der Waals surface area contributed by atoms with E-state index in [9.17, 15) is 28.8 Å². The SMILES string of the molecule is CCCC(CC)(OCc1ccc(COC(C)(C)C(=O)CCC(C)CCOC(C)(C)C(C)C(=O)/C=C/C(=O)CCC(C)OCC)cc1)C(=O)CCC(C)CCOC(CC)(CC)C(C)C(=O)/C=C/C(=O)OCC(C)OC(C)C. The Bertz CT molecular complexity index is 1940. The molecular weight excluding hydrogens is 965 g/mol. The Labute approximate surface area is 460 Å². The highest BCUT2D eigenvalue weighted by molar-refractivity contribution is 6.00. The molecule has 1 aromatic rings. The van der Waals surface area contributed by atoms with Gasteiger partial charge in [-0.1, -0.05) is 86.1 Å². The Kier molecular flexibility index (Phi) is 33.0. The molecule has 0 fully saturated rings. The first-order valence-corrected chi connectivity index (χ1v) is 28.8. The fraction of sp³-hybridized carbons (Fsp3) is 0.746. The predicted octanol–water partition coefficient (Wildman–Crippen LogP) is 13.2. The van der Waals surface area contributed by atoms with Gasteiger partial charge in [0.05, 0.1) is 42.7 Å². The van der Waals surface area contributed by atoms with Crippen molar-refractivity contribution in [1.29, 1.82) is 0 Å². The van der Waals surface area contributed by atoms with Crippen LogP contribution < -0.4 is 0 Å². The smallest absolute Gasteiger partial charge is 0.330 e. The summed E-state index contributed by atoms with van der Waals surface area (Å²) in [4.78, 5) is 78.1. The second kappa shape index (κ2) is 35.7. The van der Waals surface area contributed by atoms with Gasteiger partial charge in [0, 0.05) is 57.0 Å². The van der Waals surface area contributed by atoms with Gasteiger partial charge in [-0.2, -0.15) is 0 Å². The molecule has 0 amide bonds. The fourth-order valence-electron chi connectivity index (χ4n) is 9.11. The van der Waals surface area contributed by atoms with E-state index in [4.69, 9.17) is 33.2 Å². The average molecular weight is 1070 g/mol. The largest absolute Gasteiger partial charge is 0.460 e. The number of ether oxygens (including phenoxy) is 7. The maximum atomic E-state index is 14.0. The zero-order chi connectivity index (χ0) is 57.7. The summed E-state index contributed by atoms with van der Waals surface area (Å²) in [6.07, 6.45) is 12.7. The summed E-state index contributed by atoms with van der Waals surface area (Å²) in [5.74, 6) is -1.42. The Hall–Kier alpha value is -3.72. The maximum Gasteiger partial charge on any atom is 0.330 e. The average Bonchev–Trinajstić information content (AvgIpc) is 3.38. The van der Waals surface area contributed by atoms with Crippen molar-refractivity contribution < 1.29 is 61.9 Å². The highest BCUT2D eigenvalue weighted by Gasteiger charge is 2.39. The van der Waals surface area contributed by atoms with Gasteiger partial charge in [0.2, 0.25) is 0 Å². The molecule has 13 nitrogen and oxygen atoms in total. The molecule has 1 aromatic carbocycles. The monoisotopic (exact) mass is 1070 g/mol. The van der Waals surface area contributed by atoms with Crippen molar-refractivity contribution in [2.75, 3.05) is 26.4 Å². The molecule has 0 heterocycles. The maximum absolute atomic E-state index is 14.0. The molecule has 0 saturated heterocycles. The molecule has 0 spiro atoms. The molecule has 0 bridgehead atoms. The molecule has 0 aliphatic heterocycles. The van der Waals surface area contributed by atoms with Crippen molar-refractivity contribution in [3.05, 3.63) is 59.7 Å². The number of hydrogen-bond donors (Lipinski definition) is 0. The fourth-order valence-corrected chi connectivity index (χ4v) is 9.11. The van der Waals surface area contributed by atoms with Gasteiger partial charge >= 0.3 is 5.97 Å². The molecule has 1 rings (SSSR count). The minimum atomic E-state index is -0.979. The lowest BCUT2D eigenvalue weighted by Gasteiger charge is -2.37. The predicted molar refractivity (Wildman–Crippen MR) is 302 cm³/mol. The third-order valence-electron chi connectivity index (χ3n) is 15.3. The second-order valence-corrected chi connectivity index (χ2v) is 22.6. The highest BCUT2D eigenvalue weighted by Crippen LogP contribution is 2.33. The van der Waals surface area contributed by atoms with Crippen LogP contribution in [0.5, 0.6) is 0 Å². The normalized spacial score (nSPS) is 15.8. The molecule has 0 radical (unpaired) electrons. The van der Waals surface area contributed by atoms with Gasteiger partial charge in [-0.05, 0) is 161 Å². The van der Waals surface area contributed by atoms with Crippen LogP contribution in [0.3, 0.4) is 0 Å². The Morgan fingerprint density at radius 3 is 1.61 bits per heavy atom. The number of esters is 1. The molecule has 0 aromatic heterocycles. The molecule has 7 unspecified atom stereocenters. The second-order valence-electron chi connectivity index (χ2n) is 22.6. The zero-order valence-electron chi connectivity index (χ0n) is 50.4. The van der Waals surface area contributed by atoms with Crippen LogP contribution in [-0.4, -0.2) is 102 Å². The molecular formula is C63H104O13. The lowest BCUT2D eigenvalue weighted by Crippen LogP contribution is -2.42. The first-order valence-electron chi connectivity index (χ1n) is 28.8. The van der Waals surface area contributed by atoms with Crippen molar-refractivity contribution in [3.63, 3.8) is 0 Å². The lowest BCUT2D eigenvalue weighted by atomic mass is 9.80. The van der Waals surface area contributed by atoms with Crippen molar-refractivity contribution in [1.82, 2.24) is 0 Å². The molecule has 0 aliphatic rings. The van der Waals surface area contributed by atoms with E-state index < -0.39 is 40.2 Å². The number of Topliss-reactive ketones (excluding diaryl/α,β-unsaturated/α-hetero) is 2. The molecule has 7 atom stereocenters. The summed E-state index contributed by atoms with van der Waals surface area (Å²) in [6, 6.07) is 7.91. The van der Waals surface area contributed by atoms with E-state index in [0.29, 0.717) is 84.0 Å². The Morgan fingerprint density at radius 2 is 1.08 bits per heavy atom. The minimum Gasteiger partial charge on any atom is -0.460 e. The van der Waals surface area contributed by atoms with Gasteiger partial charge in [-0.3, -0.25) is 24.0 Å². The number of carbonyl (C=O) groups excluding carboxylic acids is 6. The van der Waals surface area contributed by atoms with E-state index in [1.165, 1.54) is 24.3 Å². The van der Waals surface area contributed by atoms with Gasteiger partial charge in [0.15, 0.2) is 28.9 Å². The number of carbonyl (C=O) groups is 6. The Morgan fingerprint density at radius 1 is 0.553 bits per heavy atom. The van der Waals surface area contributed by atoms with Crippen LogP contribution in [0.2, 0.25) is 0 Å². The van der Waals surface area contributed by atoms with Crippen molar-refractivity contribution in [2.24, 2.45) is 23.7 Å². The molecule has 76 heavy (non-hydrogen) atoms. The molecule has 13 heteroatoms. The van der Waals surface area contributed by atoms with Gasteiger partial charge in [-0.15, -0.1) is 0 Å². The number of ketones is 5. The van der Waals surface area contributed by atoms with Crippen LogP contribution in [0.25, 0.3) is 0 Å². The van der Waals surface area contributed by atoms with Crippen LogP contribution in [-0.2, 0) is 75.1 Å². The third-order valence-corrected chi connectivity index (χ3v) is 15.3. The zero-order valence-corrected chi connectivity index (χ0v) is 50.4. The number of allylic oxidation sites excluding steroid dienone is 3. The summed E-state index contributed by atoms with van der Waals surface area (Å²) in [5.41, 5.74) is -1.43. The van der Waals surface area contributed by atoms with Crippen molar-refractivity contribution >= 4 is 34.9 Å². The third kappa shape index (κ3) is 25.8. The molecule has 434 valence electrons. The highest BCUT2D eigenvalue weighted by atomic mass is 16.6. The first-order chi connectivity index (χ1) is 35.7. The van der Waals surface area contributed by atoms with E-state index in [1.54, 1.807) is 0 Å². The summed E-state index contributed by atoms with van der Waals surface area (Å²) in [5, 5.41) is 0. The summed E-state index contributed by atoms with van der Waals surface area (Å²) in [7, 11) is 0. The van der Waals surface area contributed by atoms with E-state index in [0.717, 1.165) is 30.4 Å². The van der Waals surface area contributed by atoms with E-state index in [1.807, 2.05) is 121 Å². The van der Waals surface area contributed by atoms with E-state index in [2.05, 4.69) is 20.8 Å². The van der Waals surface area contributed by atoms with E-state index >= 15 is 0 Å². The lowest BCUT2D eigenvalue weighted by molar-refractivity contribution is -0.149. The van der Waals surface area contributed by atoms with Crippen molar-refractivity contribution in [2.45, 2.75) is 255 Å². The van der Waals surface area contributed by atoms with Gasteiger partial charge < -0.3 is 33.2 Å². The van der Waals surface area contributed by atoms with Crippen LogP contribution in [0.1, 0.15) is 212 Å². The van der Waals surface area contributed by atoms with Crippen LogP contribution in [0, 0.1) is 23.7 Å². The van der Waals surface area contributed by atoms with Crippen molar-refractivity contribution in [3.8, 4) is 0 Å². The summed E-state index contributed by atoms with van der Waals surface area (Å²) >= 11 is 0. The quantitative estimate of drug-likeness (QED) is 0.0448. The molecule has 0 saturated carbocycles. The number of hydrogen-bond acceptors (Lipinski definition) is 13. The Balaban J connectivity index is 2.67.